The molecule has 0 aliphatic rings. The van der Waals surface area contributed by atoms with Gasteiger partial charge < -0.3 is 15.4 Å². The Bertz CT molecular complexity index is 430. The number of carbonyl (C=O) groups excluding carboxylic acids is 1. The van der Waals surface area contributed by atoms with Crippen LogP contribution < -0.4 is 10.5 Å². The van der Waals surface area contributed by atoms with E-state index in [1.54, 1.807) is 4.90 Å². The SMILES string of the molecule is CCOc1ccc(CN(C)C(=O)C(CC)(CC)CN)cc1. The topological polar surface area (TPSA) is 55.6 Å². The highest BCUT2D eigenvalue weighted by atomic mass is 16.5. The number of hydrogen-bond acceptors (Lipinski definition) is 3. The molecule has 1 amide bonds. The van der Waals surface area contributed by atoms with Gasteiger partial charge in [0, 0.05) is 20.1 Å². The molecule has 0 saturated carbocycles. The van der Waals surface area contributed by atoms with E-state index < -0.39 is 5.41 Å². The summed E-state index contributed by atoms with van der Waals surface area (Å²) in [5, 5.41) is 0. The number of nitrogens with zero attached hydrogens (tertiary/aromatic N) is 1. The van der Waals surface area contributed by atoms with Crippen LogP contribution >= 0.6 is 0 Å². The number of amides is 1. The lowest BCUT2D eigenvalue weighted by Crippen LogP contribution is -2.45. The second-order valence-corrected chi connectivity index (χ2v) is 5.43. The van der Waals surface area contributed by atoms with Crippen LogP contribution in [0.5, 0.6) is 5.75 Å². The van der Waals surface area contributed by atoms with Crippen LogP contribution in [0.2, 0.25) is 0 Å². The van der Waals surface area contributed by atoms with E-state index >= 15 is 0 Å². The van der Waals surface area contributed by atoms with Crippen LogP contribution in [0.1, 0.15) is 39.2 Å². The summed E-state index contributed by atoms with van der Waals surface area (Å²) in [5.41, 5.74) is 6.51. The molecule has 0 spiro atoms. The molecule has 0 radical (unpaired) electrons. The average Bonchev–Trinajstić information content (AvgIpc) is 2.51. The van der Waals surface area contributed by atoms with Crippen molar-refractivity contribution >= 4 is 5.91 Å². The van der Waals surface area contributed by atoms with E-state index in [0.29, 0.717) is 19.7 Å². The Kier molecular flexibility index (Phi) is 6.69. The highest BCUT2D eigenvalue weighted by molar-refractivity contribution is 5.82. The van der Waals surface area contributed by atoms with Crippen molar-refractivity contribution in [1.29, 1.82) is 0 Å². The van der Waals surface area contributed by atoms with Crippen molar-refractivity contribution in [3.63, 3.8) is 0 Å². The standard InChI is InChI=1S/C17H28N2O2/c1-5-17(6-2,13-18)16(20)19(4)12-14-8-10-15(11-9-14)21-7-3/h8-11H,5-7,12-13,18H2,1-4H3. The van der Waals surface area contributed by atoms with Crippen molar-refractivity contribution in [2.45, 2.75) is 40.2 Å². The molecule has 1 rings (SSSR count). The zero-order chi connectivity index (χ0) is 15.9. The molecule has 0 unspecified atom stereocenters. The highest BCUT2D eigenvalue weighted by Crippen LogP contribution is 2.28. The minimum absolute atomic E-state index is 0.129. The lowest BCUT2D eigenvalue weighted by molar-refractivity contribution is -0.141. The lowest BCUT2D eigenvalue weighted by atomic mass is 9.81. The number of rotatable bonds is 8. The molecule has 0 aromatic heterocycles. The minimum atomic E-state index is -0.431. The maximum atomic E-state index is 12.7. The van der Waals surface area contributed by atoms with Crippen molar-refractivity contribution in [3.8, 4) is 5.75 Å². The van der Waals surface area contributed by atoms with Crippen molar-refractivity contribution in [1.82, 2.24) is 4.90 Å². The molecule has 0 aliphatic carbocycles. The molecule has 0 saturated heterocycles. The van der Waals surface area contributed by atoms with E-state index in [-0.39, 0.29) is 5.91 Å². The lowest BCUT2D eigenvalue weighted by Gasteiger charge is -2.33. The maximum Gasteiger partial charge on any atom is 0.230 e. The third-order valence-electron chi connectivity index (χ3n) is 4.20. The second-order valence-electron chi connectivity index (χ2n) is 5.43. The molecule has 0 fully saturated rings. The summed E-state index contributed by atoms with van der Waals surface area (Å²) >= 11 is 0. The Morgan fingerprint density at radius 2 is 1.76 bits per heavy atom. The van der Waals surface area contributed by atoms with Gasteiger partial charge in [-0.2, -0.15) is 0 Å². The molecular weight excluding hydrogens is 264 g/mol. The quantitative estimate of drug-likeness (QED) is 0.801. The Morgan fingerprint density at radius 1 is 1.19 bits per heavy atom. The number of hydrogen-bond donors (Lipinski definition) is 1. The molecule has 0 atom stereocenters. The Hall–Kier alpha value is -1.55. The third kappa shape index (κ3) is 4.21. The van der Waals surface area contributed by atoms with E-state index in [1.165, 1.54) is 0 Å². The number of nitrogens with two attached hydrogens (primary N) is 1. The van der Waals surface area contributed by atoms with Gasteiger partial charge >= 0.3 is 0 Å². The summed E-state index contributed by atoms with van der Waals surface area (Å²) in [6.45, 7) is 7.66. The monoisotopic (exact) mass is 292 g/mol. The highest BCUT2D eigenvalue weighted by Gasteiger charge is 2.35. The summed E-state index contributed by atoms with van der Waals surface area (Å²) in [6.07, 6.45) is 1.54. The third-order valence-corrected chi connectivity index (χ3v) is 4.20. The van der Waals surface area contributed by atoms with E-state index in [9.17, 15) is 4.79 Å². The van der Waals surface area contributed by atoms with Gasteiger partial charge in [0.15, 0.2) is 0 Å². The van der Waals surface area contributed by atoms with Crippen molar-refractivity contribution in [3.05, 3.63) is 29.8 Å². The first-order chi connectivity index (χ1) is 10.0. The van der Waals surface area contributed by atoms with Crippen LogP contribution in [0.25, 0.3) is 0 Å². The fourth-order valence-corrected chi connectivity index (χ4v) is 2.54. The molecule has 21 heavy (non-hydrogen) atoms. The summed E-state index contributed by atoms with van der Waals surface area (Å²) in [6, 6.07) is 7.87. The Morgan fingerprint density at radius 3 is 2.19 bits per heavy atom. The molecular formula is C17H28N2O2. The summed E-state index contributed by atoms with van der Waals surface area (Å²) < 4.78 is 5.42. The summed E-state index contributed by atoms with van der Waals surface area (Å²) in [7, 11) is 1.84. The van der Waals surface area contributed by atoms with E-state index in [1.807, 2.05) is 52.1 Å². The normalized spacial score (nSPS) is 11.3. The second kappa shape index (κ2) is 8.03. The van der Waals surface area contributed by atoms with Gasteiger partial charge in [0.1, 0.15) is 5.75 Å². The fourth-order valence-electron chi connectivity index (χ4n) is 2.54. The molecule has 0 bridgehead atoms. The van der Waals surface area contributed by atoms with Gasteiger partial charge in [-0.05, 0) is 37.5 Å². The van der Waals surface area contributed by atoms with Crippen LogP contribution in [0.3, 0.4) is 0 Å². The fraction of sp³-hybridized carbons (Fsp3) is 0.588. The van der Waals surface area contributed by atoms with Crippen molar-refractivity contribution in [2.75, 3.05) is 20.2 Å². The molecule has 0 aliphatic heterocycles. The van der Waals surface area contributed by atoms with E-state index in [2.05, 4.69) is 0 Å². The summed E-state index contributed by atoms with van der Waals surface area (Å²) in [4.78, 5) is 14.4. The van der Waals surface area contributed by atoms with Gasteiger partial charge in [-0.1, -0.05) is 26.0 Å². The molecule has 118 valence electrons. The van der Waals surface area contributed by atoms with Crippen LogP contribution in [0.15, 0.2) is 24.3 Å². The zero-order valence-corrected chi connectivity index (χ0v) is 13.7. The zero-order valence-electron chi connectivity index (χ0n) is 13.7. The molecule has 1 aromatic rings. The van der Waals surface area contributed by atoms with Gasteiger partial charge in [-0.25, -0.2) is 0 Å². The van der Waals surface area contributed by atoms with Crippen LogP contribution in [0, 0.1) is 5.41 Å². The van der Waals surface area contributed by atoms with E-state index in [0.717, 1.165) is 24.2 Å². The Balaban J connectivity index is 2.75. The van der Waals surface area contributed by atoms with Crippen LogP contribution in [-0.4, -0.2) is 31.0 Å². The van der Waals surface area contributed by atoms with Gasteiger partial charge in [0.05, 0.1) is 12.0 Å². The smallest absolute Gasteiger partial charge is 0.230 e. The molecule has 1 aromatic carbocycles. The predicted molar refractivity (Wildman–Crippen MR) is 86.2 cm³/mol. The van der Waals surface area contributed by atoms with Gasteiger partial charge in [0.2, 0.25) is 5.91 Å². The maximum absolute atomic E-state index is 12.7. The summed E-state index contributed by atoms with van der Waals surface area (Å²) in [5.74, 6) is 0.984. The van der Waals surface area contributed by atoms with Gasteiger partial charge in [0.25, 0.3) is 0 Å². The Labute approximate surface area is 128 Å². The molecule has 4 heteroatoms. The van der Waals surface area contributed by atoms with Crippen molar-refractivity contribution in [2.24, 2.45) is 11.1 Å². The van der Waals surface area contributed by atoms with Gasteiger partial charge in [-0.3, -0.25) is 4.79 Å². The average molecular weight is 292 g/mol. The number of carbonyl (C=O) groups is 1. The largest absolute Gasteiger partial charge is 0.494 e. The van der Waals surface area contributed by atoms with Crippen molar-refractivity contribution < 1.29 is 9.53 Å². The molecule has 0 heterocycles. The molecule has 2 N–H and O–H groups in total. The molecule has 4 nitrogen and oxygen atoms in total. The van der Waals surface area contributed by atoms with E-state index in [4.69, 9.17) is 10.5 Å². The first kappa shape index (κ1) is 17.5. The first-order valence-corrected chi connectivity index (χ1v) is 7.70. The minimum Gasteiger partial charge on any atom is -0.494 e. The van der Waals surface area contributed by atoms with Crippen LogP contribution in [-0.2, 0) is 11.3 Å². The predicted octanol–water partition coefficient (Wildman–Crippen LogP) is 2.81. The first-order valence-electron chi connectivity index (χ1n) is 7.70. The number of ether oxygens (including phenoxy) is 1. The van der Waals surface area contributed by atoms with Gasteiger partial charge in [-0.15, -0.1) is 0 Å². The van der Waals surface area contributed by atoms with Crippen LogP contribution in [0.4, 0.5) is 0 Å². The number of benzene rings is 1.